The number of hydrogen-bond donors (Lipinski definition) is 5. The highest BCUT2D eigenvalue weighted by Crippen LogP contribution is 2.11. The number of ether oxygens (including phenoxy) is 2. The zero-order valence-corrected chi connectivity index (χ0v) is 9.37. The maximum Gasteiger partial charge on any atom is 0.224 e. The first-order valence-electron chi connectivity index (χ1n) is 5.12. The molecule has 98 valence electrons. The topological polar surface area (TPSA) is 125 Å². The molecule has 7 nitrogen and oxygen atoms in total. The Morgan fingerprint density at radius 2 is 1.44 bits per heavy atom. The fourth-order valence-electron chi connectivity index (χ4n) is 0.826. The molecular weight excluding hydrogens is 218 g/mol. The normalized spacial score (nSPS) is 19.1. The van der Waals surface area contributed by atoms with Crippen LogP contribution in [-0.2, 0) is 9.47 Å². The molecule has 0 rings (SSSR count). The van der Waals surface area contributed by atoms with Crippen LogP contribution < -0.4 is 5.73 Å². The van der Waals surface area contributed by atoms with Gasteiger partial charge in [0.2, 0.25) is 5.91 Å². The SMILES string of the molecule is CCC(N)(OCC(O)CO)OCC(O)CO. The van der Waals surface area contributed by atoms with E-state index in [1.807, 2.05) is 0 Å². The summed E-state index contributed by atoms with van der Waals surface area (Å²) in [5, 5.41) is 35.3. The Kier molecular flexibility index (Phi) is 7.77. The van der Waals surface area contributed by atoms with Gasteiger partial charge in [0.15, 0.2) is 0 Å². The molecular formula is C9H21NO6. The van der Waals surface area contributed by atoms with Crippen LogP contribution in [0.25, 0.3) is 0 Å². The van der Waals surface area contributed by atoms with Crippen molar-refractivity contribution in [2.75, 3.05) is 26.4 Å². The number of hydrogen-bond acceptors (Lipinski definition) is 7. The standard InChI is InChI=1S/C9H21NO6/c1-2-9(10,15-5-7(13)3-11)16-6-8(14)4-12/h7-8,11-14H,2-6,10H2,1H3. The van der Waals surface area contributed by atoms with Crippen molar-refractivity contribution in [3.63, 3.8) is 0 Å². The molecule has 0 aliphatic heterocycles. The van der Waals surface area contributed by atoms with Gasteiger partial charge in [0.25, 0.3) is 0 Å². The quantitative estimate of drug-likeness (QED) is 0.288. The lowest BCUT2D eigenvalue weighted by atomic mass is 10.3. The van der Waals surface area contributed by atoms with Gasteiger partial charge >= 0.3 is 0 Å². The average Bonchev–Trinajstić information content (AvgIpc) is 2.32. The van der Waals surface area contributed by atoms with Crippen LogP contribution in [0.15, 0.2) is 0 Å². The Balaban J connectivity index is 3.99. The second-order valence-corrected chi connectivity index (χ2v) is 3.46. The first-order chi connectivity index (χ1) is 7.47. The molecule has 0 fully saturated rings. The van der Waals surface area contributed by atoms with Crippen LogP contribution >= 0.6 is 0 Å². The number of aliphatic hydroxyl groups is 4. The molecule has 0 aliphatic rings. The minimum atomic E-state index is -1.44. The molecule has 0 saturated heterocycles. The van der Waals surface area contributed by atoms with Crippen LogP contribution in [0.5, 0.6) is 0 Å². The Hall–Kier alpha value is -0.280. The van der Waals surface area contributed by atoms with Crippen molar-refractivity contribution in [3.05, 3.63) is 0 Å². The lowest BCUT2D eigenvalue weighted by molar-refractivity contribution is -0.255. The van der Waals surface area contributed by atoms with Crippen LogP contribution in [0.3, 0.4) is 0 Å². The monoisotopic (exact) mass is 239 g/mol. The molecule has 6 N–H and O–H groups in total. The van der Waals surface area contributed by atoms with E-state index in [2.05, 4.69) is 0 Å². The third-order valence-electron chi connectivity index (χ3n) is 1.95. The summed E-state index contributed by atoms with van der Waals surface area (Å²) < 4.78 is 10.2. The maximum absolute atomic E-state index is 9.06. The first-order valence-corrected chi connectivity index (χ1v) is 5.12. The fourth-order valence-corrected chi connectivity index (χ4v) is 0.826. The van der Waals surface area contributed by atoms with Crippen LogP contribution in [0.4, 0.5) is 0 Å². The molecule has 0 spiro atoms. The summed E-state index contributed by atoms with van der Waals surface area (Å²) >= 11 is 0. The minimum absolute atomic E-state index is 0.171. The third-order valence-corrected chi connectivity index (χ3v) is 1.95. The van der Waals surface area contributed by atoms with Crippen molar-refractivity contribution in [3.8, 4) is 0 Å². The summed E-state index contributed by atoms with van der Waals surface area (Å²) in [6, 6.07) is 0. The van der Waals surface area contributed by atoms with Crippen LogP contribution in [0.2, 0.25) is 0 Å². The summed E-state index contributed by atoms with van der Waals surface area (Å²) in [4.78, 5) is 0. The van der Waals surface area contributed by atoms with E-state index in [4.69, 9.17) is 35.6 Å². The summed E-state index contributed by atoms with van der Waals surface area (Å²) in [6.45, 7) is 0.501. The number of rotatable bonds is 9. The van der Waals surface area contributed by atoms with E-state index >= 15 is 0 Å². The zero-order chi connectivity index (χ0) is 12.6. The highest BCUT2D eigenvalue weighted by molar-refractivity contribution is 4.62. The molecule has 0 saturated carbocycles. The van der Waals surface area contributed by atoms with Crippen molar-refractivity contribution in [1.82, 2.24) is 0 Å². The van der Waals surface area contributed by atoms with Crippen LogP contribution in [-0.4, -0.2) is 65.0 Å². The lowest BCUT2D eigenvalue weighted by Crippen LogP contribution is -2.48. The Labute approximate surface area is 94.4 Å². The van der Waals surface area contributed by atoms with E-state index < -0.39 is 31.3 Å². The van der Waals surface area contributed by atoms with Gasteiger partial charge in [-0.25, -0.2) is 0 Å². The molecule has 2 atom stereocenters. The third kappa shape index (κ3) is 6.33. The van der Waals surface area contributed by atoms with Gasteiger partial charge in [0, 0.05) is 6.42 Å². The van der Waals surface area contributed by atoms with Crippen molar-refractivity contribution >= 4 is 0 Å². The van der Waals surface area contributed by atoms with Gasteiger partial charge in [-0.1, -0.05) is 6.92 Å². The molecule has 16 heavy (non-hydrogen) atoms. The second-order valence-electron chi connectivity index (χ2n) is 3.46. The van der Waals surface area contributed by atoms with Gasteiger partial charge in [-0.05, 0) is 0 Å². The first kappa shape index (κ1) is 15.7. The smallest absolute Gasteiger partial charge is 0.224 e. The summed E-state index contributed by atoms with van der Waals surface area (Å²) in [5.41, 5.74) is 5.67. The molecule has 0 aromatic rings. The predicted octanol–water partition coefficient (Wildman–Crippen LogP) is -2.25. The van der Waals surface area contributed by atoms with Crippen molar-refractivity contribution < 1.29 is 29.9 Å². The lowest BCUT2D eigenvalue weighted by Gasteiger charge is -2.29. The van der Waals surface area contributed by atoms with Crippen LogP contribution in [0.1, 0.15) is 13.3 Å². The minimum Gasteiger partial charge on any atom is -0.394 e. The Morgan fingerprint density at radius 3 is 1.69 bits per heavy atom. The Morgan fingerprint density at radius 1 is 1.06 bits per heavy atom. The summed E-state index contributed by atoms with van der Waals surface area (Å²) in [7, 11) is 0. The molecule has 2 unspecified atom stereocenters. The van der Waals surface area contributed by atoms with Gasteiger partial charge in [-0.2, -0.15) is 0 Å². The predicted molar refractivity (Wildman–Crippen MR) is 55.3 cm³/mol. The van der Waals surface area contributed by atoms with Crippen LogP contribution in [0, 0.1) is 0 Å². The second kappa shape index (κ2) is 7.91. The van der Waals surface area contributed by atoms with Gasteiger partial charge in [0.05, 0.1) is 26.4 Å². The zero-order valence-electron chi connectivity index (χ0n) is 9.37. The molecule has 0 amide bonds. The van der Waals surface area contributed by atoms with Crippen molar-refractivity contribution in [2.24, 2.45) is 5.73 Å². The molecule has 0 aliphatic carbocycles. The molecule has 0 radical (unpaired) electrons. The van der Waals surface area contributed by atoms with E-state index in [-0.39, 0.29) is 13.2 Å². The summed E-state index contributed by atoms with van der Waals surface area (Å²) in [6.07, 6.45) is -1.76. The van der Waals surface area contributed by atoms with Gasteiger partial charge in [0.1, 0.15) is 12.2 Å². The fraction of sp³-hybridized carbons (Fsp3) is 1.00. The van der Waals surface area contributed by atoms with E-state index in [0.29, 0.717) is 6.42 Å². The van der Waals surface area contributed by atoms with Crippen molar-refractivity contribution in [1.29, 1.82) is 0 Å². The van der Waals surface area contributed by atoms with E-state index in [0.717, 1.165) is 0 Å². The maximum atomic E-state index is 9.06. The molecule has 0 aromatic carbocycles. The van der Waals surface area contributed by atoms with Crippen molar-refractivity contribution in [2.45, 2.75) is 31.5 Å². The summed E-state index contributed by atoms with van der Waals surface area (Å²) in [5.74, 6) is -1.44. The van der Waals surface area contributed by atoms with Gasteiger partial charge in [-0.3, -0.25) is 5.73 Å². The van der Waals surface area contributed by atoms with Gasteiger partial charge < -0.3 is 29.9 Å². The highest BCUT2D eigenvalue weighted by Gasteiger charge is 2.26. The largest absolute Gasteiger partial charge is 0.394 e. The number of aliphatic hydroxyl groups excluding tert-OH is 4. The molecule has 7 heteroatoms. The molecule has 0 bridgehead atoms. The van der Waals surface area contributed by atoms with E-state index in [1.54, 1.807) is 6.92 Å². The van der Waals surface area contributed by atoms with Gasteiger partial charge in [-0.15, -0.1) is 0 Å². The average molecular weight is 239 g/mol. The number of nitrogens with two attached hydrogens (primary N) is 1. The molecule has 0 heterocycles. The highest BCUT2D eigenvalue weighted by atomic mass is 16.7. The Bertz CT molecular complexity index is 165. The van der Waals surface area contributed by atoms with E-state index in [1.165, 1.54) is 0 Å². The van der Waals surface area contributed by atoms with E-state index in [9.17, 15) is 0 Å². The molecule has 0 aromatic heterocycles.